The molecule has 6 heteroatoms. The molecule has 1 aromatic rings. The zero-order valence-electron chi connectivity index (χ0n) is 6.12. The topological polar surface area (TPSA) is 80.4 Å². The smallest absolute Gasteiger partial charge is 0.375 e. The Hall–Kier alpha value is -1.59. The molecule has 0 aliphatic carbocycles. The van der Waals surface area contributed by atoms with Crippen molar-refractivity contribution in [2.75, 3.05) is 7.05 Å². The maximum absolute atomic E-state index is 10.8. The zero-order valence-corrected chi connectivity index (χ0v) is 6.12. The molecule has 0 saturated heterocycles. The first-order valence-corrected chi connectivity index (χ1v) is 2.88. The van der Waals surface area contributed by atoms with E-state index in [0.29, 0.717) is 0 Å². The van der Waals surface area contributed by atoms with Gasteiger partial charge >= 0.3 is 17.1 Å². The molecule has 1 N–H and O–H groups in total. The van der Waals surface area contributed by atoms with Crippen LogP contribution in [0.2, 0.25) is 0 Å². The number of hydrogen-bond acceptors (Lipinski definition) is 4. The quantitative estimate of drug-likeness (QED) is 0.482. The number of H-pyrrole nitrogens is 1. The highest BCUT2D eigenvalue weighted by atomic mass is 16.4. The van der Waals surface area contributed by atoms with Gasteiger partial charge in [-0.2, -0.15) is 0 Å². The predicted molar refractivity (Wildman–Crippen MR) is 36.1 cm³/mol. The molecule has 1 heterocycles. The minimum Gasteiger partial charge on any atom is -0.375 e. The van der Waals surface area contributed by atoms with E-state index < -0.39 is 11.4 Å². The van der Waals surface area contributed by atoms with Crippen molar-refractivity contribution >= 4 is 0 Å². The maximum atomic E-state index is 10.8. The van der Waals surface area contributed by atoms with Crippen LogP contribution in [0.5, 0.6) is 0 Å². The summed E-state index contributed by atoms with van der Waals surface area (Å²) in [5, 5.41) is 0. The molecule has 0 bridgehead atoms. The highest BCUT2D eigenvalue weighted by Crippen LogP contribution is 1.54. The van der Waals surface area contributed by atoms with Gasteiger partial charge in [-0.1, -0.05) is 0 Å². The largest absolute Gasteiger partial charge is 0.423 e. The van der Waals surface area contributed by atoms with Crippen LogP contribution >= 0.6 is 0 Å². The molecule has 0 atom stereocenters. The average molecular weight is 157 g/mol. The summed E-state index contributed by atoms with van der Waals surface area (Å²) < 4.78 is 5.62. The first kappa shape index (κ1) is 7.52. The van der Waals surface area contributed by atoms with Crippen molar-refractivity contribution in [3.05, 3.63) is 26.7 Å². The molecule has 0 radical (unpaired) electrons. The molecule has 60 valence electrons. The van der Waals surface area contributed by atoms with Gasteiger partial charge in [0.25, 0.3) is 0 Å². The summed E-state index contributed by atoms with van der Waals surface area (Å²) in [5.41, 5.74) is -0.541. The Morgan fingerprint density at radius 2 is 2.18 bits per heavy atom. The first-order valence-electron chi connectivity index (χ1n) is 2.88. The van der Waals surface area contributed by atoms with Crippen LogP contribution in [-0.2, 0) is 7.05 Å². The summed E-state index contributed by atoms with van der Waals surface area (Å²) in [4.78, 5) is 26.8. The van der Waals surface area contributed by atoms with Gasteiger partial charge in [0.2, 0.25) is 0 Å². The van der Waals surface area contributed by atoms with E-state index in [1.54, 1.807) is 0 Å². The van der Waals surface area contributed by atoms with E-state index in [1.807, 2.05) is 4.98 Å². The fourth-order valence-electron chi connectivity index (χ4n) is 0.631. The third-order valence-electron chi connectivity index (χ3n) is 1.18. The Kier molecular flexibility index (Phi) is 1.75. The highest BCUT2D eigenvalue weighted by Gasteiger charge is 1.94. The first-order chi connectivity index (χ1) is 5.15. The van der Waals surface area contributed by atoms with Crippen molar-refractivity contribution in [3.63, 3.8) is 0 Å². The van der Waals surface area contributed by atoms with Crippen molar-refractivity contribution in [2.45, 2.75) is 0 Å². The van der Waals surface area contributed by atoms with Crippen LogP contribution in [0.3, 0.4) is 0 Å². The summed E-state index contributed by atoms with van der Waals surface area (Å²) >= 11 is 0. The van der Waals surface area contributed by atoms with E-state index in [9.17, 15) is 9.59 Å². The van der Waals surface area contributed by atoms with Gasteiger partial charge in [-0.05, 0) is 0 Å². The van der Waals surface area contributed by atoms with Gasteiger partial charge in [-0.3, -0.25) is 4.57 Å². The maximum Gasteiger partial charge on any atom is 0.423 e. The number of hydrogen-bond donors (Lipinski definition) is 1. The van der Waals surface area contributed by atoms with Crippen LogP contribution in [-0.4, -0.2) is 16.6 Å². The monoisotopic (exact) mass is 157 g/mol. The molecule has 1 rings (SSSR count). The molecule has 0 aliphatic rings. The fraction of sp³-hybridized carbons (Fsp3) is 0.400. The van der Waals surface area contributed by atoms with Crippen molar-refractivity contribution in [2.24, 2.45) is 12.0 Å². The van der Waals surface area contributed by atoms with Gasteiger partial charge in [0.05, 0.1) is 0 Å². The van der Waals surface area contributed by atoms with Gasteiger partial charge < -0.3 is 4.42 Å². The molecular weight excluding hydrogens is 150 g/mol. The van der Waals surface area contributed by atoms with Crippen LogP contribution in [0.1, 0.15) is 0 Å². The SMILES string of the molecule is C/N=c1\oc(=O)[nH]c(=O)n1C. The van der Waals surface area contributed by atoms with Crippen LogP contribution in [0.4, 0.5) is 0 Å². The standard InChI is InChI=1S/C5H7N3O3/c1-6-4-8(2)3(9)7-5(10)11-4/h1-2H3,(H,7,9,10)/b6-4-. The number of aromatic nitrogens is 2. The Labute approximate surface area is 60.8 Å². The molecule has 0 unspecified atom stereocenters. The lowest BCUT2D eigenvalue weighted by Crippen LogP contribution is -2.38. The number of nitrogens with zero attached hydrogens (tertiary/aromatic N) is 2. The summed E-state index contributed by atoms with van der Waals surface area (Å²) in [6.45, 7) is 0. The van der Waals surface area contributed by atoms with Crippen LogP contribution in [0.25, 0.3) is 0 Å². The molecular formula is C5H7N3O3. The second kappa shape index (κ2) is 2.57. The normalized spacial score (nSPS) is 12.0. The Bertz CT molecular complexity index is 422. The van der Waals surface area contributed by atoms with Crippen molar-refractivity contribution < 1.29 is 4.42 Å². The molecule has 0 saturated carbocycles. The second-order valence-corrected chi connectivity index (χ2v) is 1.88. The highest BCUT2D eigenvalue weighted by molar-refractivity contribution is 4.59. The number of rotatable bonds is 0. The van der Waals surface area contributed by atoms with E-state index in [1.165, 1.54) is 14.1 Å². The number of aromatic amines is 1. The van der Waals surface area contributed by atoms with E-state index in [2.05, 4.69) is 9.41 Å². The zero-order chi connectivity index (χ0) is 8.43. The lowest BCUT2D eigenvalue weighted by Gasteiger charge is -1.91. The lowest BCUT2D eigenvalue weighted by atomic mass is 10.9. The summed E-state index contributed by atoms with van der Waals surface area (Å²) in [6, 6.07) is 0. The van der Waals surface area contributed by atoms with E-state index in [-0.39, 0.29) is 5.68 Å². The van der Waals surface area contributed by atoms with Gasteiger partial charge in [-0.15, -0.1) is 0 Å². The van der Waals surface area contributed by atoms with Gasteiger partial charge in [0.15, 0.2) is 0 Å². The third kappa shape index (κ3) is 1.28. The van der Waals surface area contributed by atoms with Gasteiger partial charge in [-0.25, -0.2) is 19.6 Å². The van der Waals surface area contributed by atoms with E-state index >= 15 is 0 Å². The van der Waals surface area contributed by atoms with Crippen LogP contribution in [0.15, 0.2) is 19.0 Å². The van der Waals surface area contributed by atoms with Crippen LogP contribution < -0.4 is 17.1 Å². The van der Waals surface area contributed by atoms with Crippen LogP contribution in [0, 0.1) is 0 Å². The molecule has 0 aromatic carbocycles. The van der Waals surface area contributed by atoms with Crippen molar-refractivity contribution in [1.82, 2.24) is 9.55 Å². The molecule has 6 nitrogen and oxygen atoms in total. The summed E-state index contributed by atoms with van der Waals surface area (Å²) in [6.07, 6.45) is 0. The minimum absolute atomic E-state index is 0.00116. The predicted octanol–water partition coefficient (Wildman–Crippen LogP) is -1.80. The Morgan fingerprint density at radius 3 is 2.73 bits per heavy atom. The molecule has 0 amide bonds. The molecule has 0 spiro atoms. The molecule has 1 aromatic heterocycles. The Morgan fingerprint density at radius 1 is 1.55 bits per heavy atom. The fourth-order valence-corrected chi connectivity index (χ4v) is 0.631. The summed E-state index contributed by atoms with van der Waals surface area (Å²) in [5.74, 6) is -0.798. The van der Waals surface area contributed by atoms with Gasteiger partial charge in [0, 0.05) is 14.1 Å². The molecule has 0 aliphatic heterocycles. The molecule has 11 heavy (non-hydrogen) atoms. The van der Waals surface area contributed by atoms with E-state index in [4.69, 9.17) is 0 Å². The number of nitrogens with one attached hydrogen (secondary N) is 1. The van der Waals surface area contributed by atoms with Crippen molar-refractivity contribution in [1.29, 1.82) is 0 Å². The lowest BCUT2D eigenvalue weighted by molar-refractivity contribution is 0.368. The second-order valence-electron chi connectivity index (χ2n) is 1.88. The third-order valence-corrected chi connectivity index (χ3v) is 1.18. The Balaban J connectivity index is 3.78. The average Bonchev–Trinajstić information content (AvgIpc) is 1.96. The van der Waals surface area contributed by atoms with Gasteiger partial charge in [0.1, 0.15) is 0 Å². The van der Waals surface area contributed by atoms with E-state index in [0.717, 1.165) is 4.57 Å². The molecule has 0 fully saturated rings. The minimum atomic E-state index is -0.798. The summed E-state index contributed by atoms with van der Waals surface area (Å²) in [7, 11) is 2.88. The van der Waals surface area contributed by atoms with Crippen molar-refractivity contribution in [3.8, 4) is 0 Å².